The fourth-order valence-electron chi connectivity index (χ4n) is 4.01. The van der Waals surface area contributed by atoms with Gasteiger partial charge >= 0.3 is 0 Å². The quantitative estimate of drug-likeness (QED) is 0.460. The monoisotopic (exact) mass is 414 g/mol. The third-order valence-corrected chi connectivity index (χ3v) is 5.75. The van der Waals surface area contributed by atoms with Gasteiger partial charge in [0.15, 0.2) is 0 Å². The van der Waals surface area contributed by atoms with Crippen LogP contribution in [-0.2, 0) is 6.61 Å². The highest BCUT2D eigenvalue weighted by Crippen LogP contribution is 2.26. The van der Waals surface area contributed by atoms with Crippen LogP contribution < -0.4 is 15.4 Å². The summed E-state index contributed by atoms with van der Waals surface area (Å²) in [5.41, 5.74) is 4.55. The van der Waals surface area contributed by atoms with Crippen LogP contribution in [0.25, 0.3) is 0 Å². The van der Waals surface area contributed by atoms with Crippen LogP contribution >= 0.6 is 0 Å². The summed E-state index contributed by atoms with van der Waals surface area (Å²) in [5, 5.41) is 6.63. The normalized spacial score (nSPS) is 14.1. The molecule has 0 radical (unpaired) electrons. The molecule has 2 N–H and O–H groups in total. The zero-order valence-corrected chi connectivity index (χ0v) is 18.1. The van der Waals surface area contributed by atoms with E-state index in [1.54, 1.807) is 0 Å². The Morgan fingerprint density at radius 2 is 1.68 bits per heavy atom. The van der Waals surface area contributed by atoms with Crippen molar-refractivity contribution < 1.29 is 9.53 Å². The third-order valence-electron chi connectivity index (χ3n) is 5.75. The van der Waals surface area contributed by atoms with Gasteiger partial charge in [0.25, 0.3) is 5.91 Å². The van der Waals surface area contributed by atoms with Gasteiger partial charge in [0.05, 0.1) is 5.56 Å². The van der Waals surface area contributed by atoms with Gasteiger partial charge in [-0.1, -0.05) is 61.2 Å². The molecule has 3 aromatic rings. The van der Waals surface area contributed by atoms with Crippen molar-refractivity contribution in [2.45, 2.75) is 51.7 Å². The first kappa shape index (κ1) is 21.0. The van der Waals surface area contributed by atoms with Gasteiger partial charge in [-0.05, 0) is 61.7 Å². The summed E-state index contributed by atoms with van der Waals surface area (Å²) < 4.78 is 5.83. The highest BCUT2D eigenvalue weighted by Gasteiger charge is 2.17. The van der Waals surface area contributed by atoms with Crippen molar-refractivity contribution in [3.05, 3.63) is 89.5 Å². The third kappa shape index (κ3) is 5.88. The Balaban J connectivity index is 1.40. The van der Waals surface area contributed by atoms with E-state index in [-0.39, 0.29) is 5.91 Å². The molecular formula is C27H30N2O2. The molecule has 1 fully saturated rings. The summed E-state index contributed by atoms with van der Waals surface area (Å²) in [7, 11) is 0. The summed E-state index contributed by atoms with van der Waals surface area (Å²) in [6, 6.07) is 24.1. The van der Waals surface area contributed by atoms with Crippen molar-refractivity contribution >= 4 is 17.3 Å². The number of carbonyl (C=O) groups is 1. The lowest BCUT2D eigenvalue weighted by Crippen LogP contribution is -2.24. The van der Waals surface area contributed by atoms with Gasteiger partial charge in [0.1, 0.15) is 12.4 Å². The molecule has 0 unspecified atom stereocenters. The summed E-state index contributed by atoms with van der Waals surface area (Å²) in [6.07, 6.45) is 6.15. The average Bonchev–Trinajstić information content (AvgIpc) is 2.81. The minimum Gasteiger partial charge on any atom is -0.489 e. The van der Waals surface area contributed by atoms with Crippen molar-refractivity contribution in [1.29, 1.82) is 0 Å². The maximum absolute atomic E-state index is 13.0. The van der Waals surface area contributed by atoms with Gasteiger partial charge < -0.3 is 15.4 Å². The number of carbonyl (C=O) groups excluding carboxylic acids is 1. The number of benzene rings is 3. The van der Waals surface area contributed by atoms with E-state index in [1.807, 2.05) is 73.7 Å². The molecule has 4 nitrogen and oxygen atoms in total. The highest BCUT2D eigenvalue weighted by atomic mass is 16.5. The number of anilines is 2. The number of nitrogens with one attached hydrogen (secondary N) is 2. The van der Waals surface area contributed by atoms with Crippen LogP contribution in [-0.4, -0.2) is 11.9 Å². The predicted octanol–water partition coefficient (Wildman–Crippen LogP) is 6.57. The molecule has 0 aliphatic heterocycles. The van der Waals surface area contributed by atoms with Gasteiger partial charge in [0.2, 0.25) is 0 Å². The summed E-state index contributed by atoms with van der Waals surface area (Å²) in [4.78, 5) is 13.0. The Labute approximate surface area is 184 Å². The van der Waals surface area contributed by atoms with E-state index in [1.165, 1.54) is 32.1 Å². The average molecular weight is 415 g/mol. The first-order valence-corrected chi connectivity index (χ1v) is 11.1. The molecule has 0 heterocycles. The molecule has 0 bridgehead atoms. The zero-order chi connectivity index (χ0) is 21.5. The van der Waals surface area contributed by atoms with E-state index in [4.69, 9.17) is 4.74 Å². The first-order valence-electron chi connectivity index (χ1n) is 11.1. The van der Waals surface area contributed by atoms with Crippen LogP contribution in [0.15, 0.2) is 72.8 Å². The second-order valence-electron chi connectivity index (χ2n) is 8.28. The lowest BCUT2D eigenvalue weighted by atomic mass is 9.95. The fourth-order valence-corrected chi connectivity index (χ4v) is 4.01. The maximum atomic E-state index is 13.0. The molecule has 0 atom stereocenters. The van der Waals surface area contributed by atoms with Gasteiger partial charge in [0, 0.05) is 17.4 Å². The molecule has 160 valence electrons. The standard InChI is InChI=1S/C27H30N2O2/c1-20-12-17-26(28-22-10-6-3-7-11-22)25(18-20)27(30)29-23-13-15-24(16-14-23)31-19-21-8-4-2-5-9-21/h2,4-5,8-9,12-18,22,28H,3,6-7,10-11,19H2,1H3,(H,29,30). The highest BCUT2D eigenvalue weighted by molar-refractivity contribution is 6.08. The Hall–Kier alpha value is -3.27. The maximum Gasteiger partial charge on any atom is 0.257 e. The minimum atomic E-state index is -0.0973. The lowest BCUT2D eigenvalue weighted by Gasteiger charge is -2.25. The van der Waals surface area contributed by atoms with Crippen molar-refractivity contribution in [3.63, 3.8) is 0 Å². The Morgan fingerprint density at radius 3 is 2.42 bits per heavy atom. The number of hydrogen-bond donors (Lipinski definition) is 2. The van der Waals surface area contributed by atoms with E-state index >= 15 is 0 Å². The second kappa shape index (κ2) is 10.2. The number of aryl methyl sites for hydroxylation is 1. The van der Waals surface area contributed by atoms with E-state index in [0.29, 0.717) is 18.2 Å². The van der Waals surface area contributed by atoms with Crippen LogP contribution in [0.5, 0.6) is 5.75 Å². The predicted molar refractivity (Wildman–Crippen MR) is 127 cm³/mol. The number of ether oxygens (including phenoxy) is 1. The van der Waals surface area contributed by atoms with Crippen LogP contribution in [0.4, 0.5) is 11.4 Å². The van der Waals surface area contributed by atoms with E-state index in [9.17, 15) is 4.79 Å². The molecule has 31 heavy (non-hydrogen) atoms. The van der Waals surface area contributed by atoms with Gasteiger partial charge in [-0.15, -0.1) is 0 Å². The van der Waals surface area contributed by atoms with Crippen molar-refractivity contribution in [1.82, 2.24) is 0 Å². The number of amides is 1. The second-order valence-corrected chi connectivity index (χ2v) is 8.28. The van der Waals surface area contributed by atoms with Crippen molar-refractivity contribution in [2.75, 3.05) is 10.6 Å². The molecule has 1 saturated carbocycles. The van der Waals surface area contributed by atoms with Gasteiger partial charge in [-0.3, -0.25) is 4.79 Å². The van der Waals surface area contributed by atoms with Crippen LogP contribution in [0, 0.1) is 6.92 Å². The van der Waals surface area contributed by atoms with E-state index < -0.39 is 0 Å². The largest absolute Gasteiger partial charge is 0.489 e. The molecule has 4 heteroatoms. The zero-order valence-electron chi connectivity index (χ0n) is 18.1. The van der Waals surface area contributed by atoms with Crippen LogP contribution in [0.2, 0.25) is 0 Å². The molecule has 1 amide bonds. The van der Waals surface area contributed by atoms with Crippen LogP contribution in [0.1, 0.15) is 53.6 Å². The molecule has 3 aromatic carbocycles. The van der Waals surface area contributed by atoms with Crippen LogP contribution in [0.3, 0.4) is 0 Å². The molecule has 0 saturated heterocycles. The molecule has 1 aliphatic rings. The molecule has 1 aliphatic carbocycles. The Bertz CT molecular complexity index is 994. The molecule has 0 spiro atoms. The molecule has 4 rings (SSSR count). The SMILES string of the molecule is Cc1ccc(NC2CCCCC2)c(C(=O)Nc2ccc(OCc3ccccc3)cc2)c1. The topological polar surface area (TPSA) is 50.4 Å². The van der Waals surface area contributed by atoms with Gasteiger partial charge in [-0.25, -0.2) is 0 Å². The number of rotatable bonds is 7. The van der Waals surface area contributed by atoms with E-state index in [0.717, 1.165) is 28.3 Å². The summed E-state index contributed by atoms with van der Waals surface area (Å²) in [5.74, 6) is 0.678. The fraction of sp³-hybridized carbons (Fsp3) is 0.296. The van der Waals surface area contributed by atoms with E-state index in [2.05, 4.69) is 16.7 Å². The minimum absolute atomic E-state index is 0.0973. The summed E-state index contributed by atoms with van der Waals surface area (Å²) in [6.45, 7) is 2.53. The number of hydrogen-bond acceptors (Lipinski definition) is 3. The smallest absolute Gasteiger partial charge is 0.257 e. The van der Waals surface area contributed by atoms with Gasteiger partial charge in [-0.2, -0.15) is 0 Å². The van der Waals surface area contributed by atoms with Crippen molar-refractivity contribution in [3.8, 4) is 5.75 Å². The Morgan fingerprint density at radius 1 is 0.935 bits per heavy atom. The van der Waals surface area contributed by atoms with Crippen molar-refractivity contribution in [2.24, 2.45) is 0 Å². The molecule has 0 aromatic heterocycles. The lowest BCUT2D eigenvalue weighted by molar-refractivity contribution is 0.102. The molecular weight excluding hydrogens is 384 g/mol. The first-order chi connectivity index (χ1) is 15.2. The summed E-state index contributed by atoms with van der Waals surface area (Å²) >= 11 is 0. The Kier molecular flexibility index (Phi) is 6.88.